The van der Waals surface area contributed by atoms with E-state index < -0.39 is 5.97 Å². The van der Waals surface area contributed by atoms with Gasteiger partial charge in [0.2, 0.25) is 0 Å². The number of carboxylic acid groups (broad SMARTS) is 1. The Morgan fingerprint density at radius 3 is 2.88 bits per heavy atom. The molecule has 0 saturated carbocycles. The molecular weight excluding hydrogens is 204 g/mol. The van der Waals surface area contributed by atoms with Crippen molar-refractivity contribution in [3.05, 3.63) is 0 Å². The second kappa shape index (κ2) is 4.95. The average molecular weight is 224 g/mol. The molecule has 2 aliphatic rings. The summed E-state index contributed by atoms with van der Waals surface area (Å²) in [6.07, 6.45) is 5.99. The number of hydrogen-bond acceptors (Lipinski definition) is 3. The molecule has 0 spiro atoms. The fourth-order valence-electron chi connectivity index (χ4n) is 2.95. The Kier molecular flexibility index (Phi) is 3.59. The summed E-state index contributed by atoms with van der Waals surface area (Å²) in [7, 11) is 0. The molecule has 0 N–H and O–H groups in total. The highest BCUT2D eigenvalue weighted by Crippen LogP contribution is 2.25. The molecule has 2 heterocycles. The summed E-state index contributed by atoms with van der Waals surface area (Å²) in [6.45, 7) is 3.76. The van der Waals surface area contributed by atoms with Crippen molar-refractivity contribution in [2.45, 2.75) is 38.5 Å². The summed E-state index contributed by atoms with van der Waals surface area (Å²) in [5.41, 5.74) is 0. The molecule has 90 valence electrons. The Balaban J connectivity index is 2.13. The summed E-state index contributed by atoms with van der Waals surface area (Å²) in [4.78, 5) is 15.3. The monoisotopic (exact) mass is 224 g/mol. The number of fused-ring (bicyclic) bond motifs is 1. The van der Waals surface area contributed by atoms with E-state index in [1.165, 1.54) is 25.1 Å². The standard InChI is InChI=1S/C12H20N2O2/c15-12(16)6-10-14-8-3-1-2-5-11(14)13-7-4-9-14/h1-10H2. The van der Waals surface area contributed by atoms with Gasteiger partial charge in [0.1, 0.15) is 0 Å². The average Bonchev–Trinajstić information content (AvgIpc) is 2.49. The third-order valence-corrected chi connectivity index (χ3v) is 3.82. The predicted octanol–water partition coefficient (Wildman–Crippen LogP) is 0.319. The third-order valence-electron chi connectivity index (χ3n) is 3.82. The Hall–Kier alpha value is -0.900. The Morgan fingerprint density at radius 2 is 2.06 bits per heavy atom. The zero-order valence-electron chi connectivity index (χ0n) is 9.78. The van der Waals surface area contributed by atoms with E-state index in [2.05, 4.69) is 4.99 Å². The minimum Gasteiger partial charge on any atom is -0.550 e. The summed E-state index contributed by atoms with van der Waals surface area (Å²) < 4.78 is 0.841. The lowest BCUT2D eigenvalue weighted by molar-refractivity contribution is -0.844. The van der Waals surface area contributed by atoms with Crippen molar-refractivity contribution < 1.29 is 14.4 Å². The largest absolute Gasteiger partial charge is 0.550 e. The molecule has 4 nitrogen and oxygen atoms in total. The van der Waals surface area contributed by atoms with Crippen LogP contribution in [-0.4, -0.2) is 42.5 Å². The molecule has 1 unspecified atom stereocenters. The number of carbonyl (C=O) groups excluding carboxylic acids is 1. The Labute approximate surface area is 96.6 Å². The van der Waals surface area contributed by atoms with Crippen LogP contribution in [0.4, 0.5) is 0 Å². The van der Waals surface area contributed by atoms with Crippen molar-refractivity contribution in [3.8, 4) is 0 Å². The van der Waals surface area contributed by atoms with Crippen LogP contribution in [0.2, 0.25) is 0 Å². The molecule has 0 bridgehead atoms. The first-order valence-corrected chi connectivity index (χ1v) is 6.33. The highest BCUT2D eigenvalue weighted by atomic mass is 16.4. The van der Waals surface area contributed by atoms with Crippen LogP contribution in [0.1, 0.15) is 38.5 Å². The van der Waals surface area contributed by atoms with Crippen molar-refractivity contribution in [2.24, 2.45) is 4.99 Å². The SMILES string of the molecule is O=C([O-])CC[N+]12CCCCCC1=NCCC2. The normalized spacial score (nSPS) is 30.1. The number of aliphatic carboxylic acids is 1. The minimum absolute atomic E-state index is 0.166. The fourth-order valence-corrected chi connectivity index (χ4v) is 2.95. The van der Waals surface area contributed by atoms with Crippen LogP contribution in [-0.2, 0) is 4.79 Å². The van der Waals surface area contributed by atoms with Crippen molar-refractivity contribution in [1.82, 2.24) is 0 Å². The lowest BCUT2D eigenvalue weighted by Crippen LogP contribution is -2.56. The Bertz CT molecular complexity index is 301. The van der Waals surface area contributed by atoms with Gasteiger partial charge in [-0.05, 0) is 19.3 Å². The maximum absolute atomic E-state index is 10.6. The molecule has 2 aliphatic heterocycles. The topological polar surface area (TPSA) is 52.5 Å². The minimum atomic E-state index is -0.929. The van der Waals surface area contributed by atoms with E-state index in [0.717, 1.165) is 37.0 Å². The number of nitrogens with zero attached hydrogens (tertiary/aromatic N) is 2. The van der Waals surface area contributed by atoms with Crippen LogP contribution in [0.15, 0.2) is 4.99 Å². The van der Waals surface area contributed by atoms with Crippen molar-refractivity contribution in [3.63, 3.8) is 0 Å². The first-order chi connectivity index (χ1) is 7.73. The van der Waals surface area contributed by atoms with Crippen molar-refractivity contribution in [1.29, 1.82) is 0 Å². The van der Waals surface area contributed by atoms with Crippen LogP contribution < -0.4 is 5.11 Å². The summed E-state index contributed by atoms with van der Waals surface area (Å²) in [5.74, 6) is 0.326. The van der Waals surface area contributed by atoms with Gasteiger partial charge in [0.05, 0.1) is 19.6 Å². The molecule has 1 fully saturated rings. The number of rotatable bonds is 3. The van der Waals surface area contributed by atoms with Gasteiger partial charge < -0.3 is 9.90 Å². The van der Waals surface area contributed by atoms with Gasteiger partial charge in [0.25, 0.3) is 0 Å². The lowest BCUT2D eigenvalue weighted by Gasteiger charge is -2.40. The zero-order valence-corrected chi connectivity index (χ0v) is 9.78. The number of carboxylic acids is 1. The summed E-state index contributed by atoms with van der Waals surface area (Å²) in [5, 5.41) is 10.6. The molecule has 0 aliphatic carbocycles. The van der Waals surface area contributed by atoms with Crippen LogP contribution in [0.25, 0.3) is 0 Å². The molecule has 0 aromatic heterocycles. The molecule has 1 saturated heterocycles. The second-order valence-corrected chi connectivity index (χ2v) is 4.90. The van der Waals surface area contributed by atoms with Gasteiger partial charge in [0, 0.05) is 31.8 Å². The molecule has 1 atom stereocenters. The van der Waals surface area contributed by atoms with Gasteiger partial charge in [-0.3, -0.25) is 4.48 Å². The number of aliphatic imine (C=N–C) groups is 1. The summed E-state index contributed by atoms with van der Waals surface area (Å²) in [6, 6.07) is 0. The van der Waals surface area contributed by atoms with E-state index in [4.69, 9.17) is 0 Å². The van der Waals surface area contributed by atoms with E-state index in [9.17, 15) is 9.90 Å². The van der Waals surface area contributed by atoms with Crippen molar-refractivity contribution >= 4 is 11.8 Å². The molecule has 0 aromatic rings. The van der Waals surface area contributed by atoms with Crippen LogP contribution >= 0.6 is 0 Å². The van der Waals surface area contributed by atoms with E-state index in [0.29, 0.717) is 6.54 Å². The van der Waals surface area contributed by atoms with Gasteiger partial charge in [-0.1, -0.05) is 0 Å². The second-order valence-electron chi connectivity index (χ2n) is 4.90. The molecule has 0 aromatic carbocycles. The molecule has 16 heavy (non-hydrogen) atoms. The first kappa shape index (κ1) is 11.6. The molecular formula is C12H20N2O2. The first-order valence-electron chi connectivity index (χ1n) is 6.33. The number of carbonyl (C=O) groups is 1. The van der Waals surface area contributed by atoms with E-state index in [1.807, 2.05) is 0 Å². The highest BCUT2D eigenvalue weighted by molar-refractivity contribution is 5.76. The molecule has 4 heteroatoms. The Morgan fingerprint density at radius 1 is 1.25 bits per heavy atom. The maximum atomic E-state index is 10.6. The van der Waals surface area contributed by atoms with Crippen LogP contribution in [0.3, 0.4) is 0 Å². The number of hydrogen-bond donors (Lipinski definition) is 0. The van der Waals surface area contributed by atoms with Crippen molar-refractivity contribution in [2.75, 3.05) is 26.2 Å². The van der Waals surface area contributed by atoms with Gasteiger partial charge in [-0.2, -0.15) is 0 Å². The lowest BCUT2D eigenvalue weighted by atomic mass is 10.1. The fraction of sp³-hybridized carbons (Fsp3) is 0.833. The van der Waals surface area contributed by atoms with E-state index in [-0.39, 0.29) is 6.42 Å². The van der Waals surface area contributed by atoms with Crippen LogP contribution in [0.5, 0.6) is 0 Å². The number of amidine groups is 1. The van der Waals surface area contributed by atoms with E-state index in [1.54, 1.807) is 0 Å². The van der Waals surface area contributed by atoms with Gasteiger partial charge in [0.15, 0.2) is 5.84 Å². The molecule has 0 radical (unpaired) electrons. The smallest absolute Gasteiger partial charge is 0.198 e. The quantitative estimate of drug-likeness (QED) is 0.648. The number of quaternary nitrogens is 1. The molecule has 2 rings (SSSR count). The zero-order chi connectivity index (χ0) is 11.4. The van der Waals surface area contributed by atoms with E-state index >= 15 is 0 Å². The molecule has 0 amide bonds. The highest BCUT2D eigenvalue weighted by Gasteiger charge is 2.36. The summed E-state index contributed by atoms with van der Waals surface area (Å²) >= 11 is 0. The van der Waals surface area contributed by atoms with Crippen LogP contribution in [0, 0.1) is 0 Å². The predicted molar refractivity (Wildman–Crippen MR) is 59.9 cm³/mol. The van der Waals surface area contributed by atoms with Gasteiger partial charge in [-0.25, -0.2) is 4.99 Å². The van der Waals surface area contributed by atoms with Gasteiger partial charge >= 0.3 is 0 Å². The third kappa shape index (κ3) is 2.43. The maximum Gasteiger partial charge on any atom is 0.198 e. The van der Waals surface area contributed by atoms with Gasteiger partial charge in [-0.15, -0.1) is 0 Å².